The lowest BCUT2D eigenvalue weighted by Gasteiger charge is -2.12. The molecule has 124 valence electrons. The van der Waals surface area contributed by atoms with E-state index < -0.39 is 0 Å². The molecule has 2 aromatic heterocycles. The first kappa shape index (κ1) is 15.9. The van der Waals surface area contributed by atoms with Crippen LogP contribution < -0.4 is 5.32 Å². The number of benzene rings is 1. The van der Waals surface area contributed by atoms with E-state index in [0.29, 0.717) is 11.4 Å². The molecule has 1 amide bonds. The summed E-state index contributed by atoms with van der Waals surface area (Å²) < 4.78 is 3.43. The highest BCUT2D eigenvalue weighted by atomic mass is 16.1. The Morgan fingerprint density at radius 1 is 1.29 bits per heavy atom. The van der Waals surface area contributed by atoms with E-state index >= 15 is 0 Å². The molecule has 3 aromatic rings. The molecule has 3 rings (SSSR count). The van der Waals surface area contributed by atoms with Crippen molar-refractivity contribution in [2.24, 2.45) is 14.1 Å². The molecule has 2 heterocycles. The van der Waals surface area contributed by atoms with Gasteiger partial charge in [-0.15, -0.1) is 0 Å². The molecule has 0 radical (unpaired) electrons. The van der Waals surface area contributed by atoms with E-state index in [1.54, 1.807) is 21.6 Å². The van der Waals surface area contributed by atoms with Crippen molar-refractivity contribution in [2.75, 3.05) is 0 Å². The number of hydrogen-bond acceptors (Lipinski definition) is 4. The van der Waals surface area contributed by atoms with E-state index in [-0.39, 0.29) is 11.9 Å². The van der Waals surface area contributed by atoms with Gasteiger partial charge in [0, 0.05) is 37.0 Å². The first-order chi connectivity index (χ1) is 11.4. The fourth-order valence-electron chi connectivity index (χ4n) is 2.59. The Labute approximate surface area is 140 Å². The number of nitrogens with one attached hydrogen (secondary N) is 1. The number of aryl methyl sites for hydroxylation is 3. The second kappa shape index (κ2) is 6.27. The van der Waals surface area contributed by atoms with Crippen molar-refractivity contribution in [1.29, 1.82) is 0 Å². The van der Waals surface area contributed by atoms with Gasteiger partial charge in [-0.1, -0.05) is 12.1 Å². The summed E-state index contributed by atoms with van der Waals surface area (Å²) in [4.78, 5) is 16.9. The zero-order valence-corrected chi connectivity index (χ0v) is 14.2. The molecule has 0 unspecified atom stereocenters. The normalized spacial score (nSPS) is 12.2. The van der Waals surface area contributed by atoms with Crippen molar-refractivity contribution in [3.8, 4) is 11.4 Å². The van der Waals surface area contributed by atoms with Gasteiger partial charge in [0.2, 0.25) is 0 Å². The van der Waals surface area contributed by atoms with Crippen LogP contribution in [0.1, 0.15) is 34.7 Å². The van der Waals surface area contributed by atoms with Crippen LogP contribution in [0.3, 0.4) is 0 Å². The fraction of sp³-hybridized carbons (Fsp3) is 0.294. The fourth-order valence-corrected chi connectivity index (χ4v) is 2.59. The lowest BCUT2D eigenvalue weighted by molar-refractivity contribution is 0.0940. The molecule has 7 nitrogen and oxygen atoms in total. The molecule has 0 aliphatic rings. The predicted octanol–water partition coefficient (Wildman–Crippen LogP) is 2.02. The van der Waals surface area contributed by atoms with Crippen LogP contribution in [0.15, 0.2) is 36.7 Å². The van der Waals surface area contributed by atoms with Gasteiger partial charge >= 0.3 is 0 Å². The van der Waals surface area contributed by atoms with Gasteiger partial charge in [-0.3, -0.25) is 9.48 Å². The zero-order chi connectivity index (χ0) is 17.3. The van der Waals surface area contributed by atoms with E-state index in [2.05, 4.69) is 20.5 Å². The van der Waals surface area contributed by atoms with E-state index in [9.17, 15) is 4.79 Å². The number of aromatic nitrogens is 5. The Balaban J connectivity index is 1.80. The number of carbonyl (C=O) groups is 1. The molecule has 0 saturated heterocycles. The molecule has 0 aliphatic heterocycles. The smallest absolute Gasteiger partial charge is 0.251 e. The molecule has 0 aliphatic carbocycles. The molecular weight excluding hydrogens is 304 g/mol. The Bertz CT molecular complexity index is 879. The van der Waals surface area contributed by atoms with Crippen LogP contribution in [0.5, 0.6) is 0 Å². The Morgan fingerprint density at radius 3 is 2.71 bits per heavy atom. The molecular formula is C17H20N6O. The highest BCUT2D eigenvalue weighted by Crippen LogP contribution is 2.19. The highest BCUT2D eigenvalue weighted by Gasteiger charge is 2.14. The maximum absolute atomic E-state index is 12.5. The summed E-state index contributed by atoms with van der Waals surface area (Å²) in [6, 6.07) is 7.27. The minimum atomic E-state index is -0.132. The van der Waals surface area contributed by atoms with Crippen molar-refractivity contribution in [3.05, 3.63) is 53.6 Å². The van der Waals surface area contributed by atoms with E-state index in [1.165, 1.54) is 0 Å². The van der Waals surface area contributed by atoms with Crippen molar-refractivity contribution in [3.63, 3.8) is 0 Å². The number of amides is 1. The lowest BCUT2D eigenvalue weighted by atomic mass is 10.1. The summed E-state index contributed by atoms with van der Waals surface area (Å²) in [5, 5.41) is 11.4. The van der Waals surface area contributed by atoms with Gasteiger partial charge in [-0.05, 0) is 26.0 Å². The average molecular weight is 324 g/mol. The number of hydrogen-bond donors (Lipinski definition) is 1. The quantitative estimate of drug-likeness (QED) is 0.796. The van der Waals surface area contributed by atoms with Gasteiger partial charge < -0.3 is 5.32 Å². The van der Waals surface area contributed by atoms with Crippen LogP contribution in [0.25, 0.3) is 11.4 Å². The maximum atomic E-state index is 12.5. The van der Waals surface area contributed by atoms with Crippen LogP contribution in [-0.4, -0.2) is 30.5 Å². The van der Waals surface area contributed by atoms with Gasteiger partial charge in [0.1, 0.15) is 5.82 Å². The van der Waals surface area contributed by atoms with Crippen LogP contribution >= 0.6 is 0 Å². The monoisotopic (exact) mass is 324 g/mol. The average Bonchev–Trinajstić information content (AvgIpc) is 3.12. The second-order valence-electron chi connectivity index (χ2n) is 5.83. The third kappa shape index (κ3) is 3.19. The molecule has 0 spiro atoms. The summed E-state index contributed by atoms with van der Waals surface area (Å²) in [5.41, 5.74) is 2.41. The van der Waals surface area contributed by atoms with Gasteiger partial charge in [0.25, 0.3) is 5.91 Å². The number of nitrogens with zero attached hydrogens (tertiary/aromatic N) is 5. The Kier molecular flexibility index (Phi) is 4.16. The van der Waals surface area contributed by atoms with Crippen LogP contribution in [0.2, 0.25) is 0 Å². The van der Waals surface area contributed by atoms with Gasteiger partial charge in [-0.2, -0.15) is 10.2 Å². The standard InChI is InChI=1S/C17H20N6O/c1-11(15-9-18-22(3)10-15)19-17(24)14-7-5-6-13(8-14)16-20-12(2)21-23(16)4/h5-11H,1-4H3,(H,19,24)/t11-/m0/s1. The summed E-state index contributed by atoms with van der Waals surface area (Å²) >= 11 is 0. The minimum Gasteiger partial charge on any atom is -0.345 e. The molecule has 0 fully saturated rings. The topological polar surface area (TPSA) is 77.6 Å². The Hall–Kier alpha value is -2.96. The van der Waals surface area contributed by atoms with Crippen LogP contribution in [0.4, 0.5) is 0 Å². The van der Waals surface area contributed by atoms with Crippen molar-refractivity contribution < 1.29 is 4.79 Å². The third-order valence-corrected chi connectivity index (χ3v) is 3.82. The first-order valence-corrected chi connectivity index (χ1v) is 7.71. The summed E-state index contributed by atoms with van der Waals surface area (Å²) in [6.45, 7) is 3.78. The van der Waals surface area contributed by atoms with E-state index in [1.807, 2.05) is 52.3 Å². The van der Waals surface area contributed by atoms with E-state index in [4.69, 9.17) is 0 Å². The third-order valence-electron chi connectivity index (χ3n) is 3.82. The first-order valence-electron chi connectivity index (χ1n) is 7.71. The van der Waals surface area contributed by atoms with E-state index in [0.717, 1.165) is 17.0 Å². The largest absolute Gasteiger partial charge is 0.345 e. The second-order valence-corrected chi connectivity index (χ2v) is 5.83. The van der Waals surface area contributed by atoms with Gasteiger partial charge in [0.15, 0.2) is 5.82 Å². The number of carbonyl (C=O) groups excluding carboxylic acids is 1. The number of rotatable bonds is 4. The van der Waals surface area contributed by atoms with Crippen LogP contribution in [-0.2, 0) is 14.1 Å². The lowest BCUT2D eigenvalue weighted by Crippen LogP contribution is -2.26. The maximum Gasteiger partial charge on any atom is 0.251 e. The molecule has 24 heavy (non-hydrogen) atoms. The van der Waals surface area contributed by atoms with Crippen molar-refractivity contribution in [1.82, 2.24) is 29.9 Å². The van der Waals surface area contributed by atoms with Crippen LogP contribution in [0, 0.1) is 6.92 Å². The molecule has 1 N–H and O–H groups in total. The molecule has 0 bridgehead atoms. The predicted molar refractivity (Wildman–Crippen MR) is 90.3 cm³/mol. The van der Waals surface area contributed by atoms with Gasteiger partial charge in [-0.25, -0.2) is 9.67 Å². The summed E-state index contributed by atoms with van der Waals surface area (Å²) in [6.07, 6.45) is 3.65. The van der Waals surface area contributed by atoms with Crippen molar-refractivity contribution in [2.45, 2.75) is 19.9 Å². The zero-order valence-electron chi connectivity index (χ0n) is 14.2. The molecule has 0 saturated carbocycles. The SMILES string of the molecule is Cc1nc(-c2cccc(C(=O)N[C@@H](C)c3cnn(C)c3)c2)n(C)n1. The highest BCUT2D eigenvalue weighted by molar-refractivity contribution is 5.95. The minimum absolute atomic E-state index is 0.119. The molecule has 1 aromatic carbocycles. The molecule has 1 atom stereocenters. The Morgan fingerprint density at radius 2 is 2.08 bits per heavy atom. The molecule has 7 heteroatoms. The summed E-state index contributed by atoms with van der Waals surface area (Å²) in [5.74, 6) is 1.31. The van der Waals surface area contributed by atoms with Crippen molar-refractivity contribution >= 4 is 5.91 Å². The summed E-state index contributed by atoms with van der Waals surface area (Å²) in [7, 11) is 3.69. The van der Waals surface area contributed by atoms with Gasteiger partial charge in [0.05, 0.1) is 12.2 Å².